The molecule has 1 heterocycles. The largest absolute Gasteiger partial charge is 0.443 e. The summed E-state index contributed by atoms with van der Waals surface area (Å²) >= 11 is 0.262. The van der Waals surface area contributed by atoms with Gasteiger partial charge in [-0.3, -0.25) is 0 Å². The molecule has 0 saturated carbocycles. The lowest BCUT2D eigenvalue weighted by Crippen LogP contribution is -2.05. The van der Waals surface area contributed by atoms with Crippen LogP contribution in [0.5, 0.6) is 0 Å². The molecule has 1 aromatic carbocycles. The van der Waals surface area contributed by atoms with Crippen molar-refractivity contribution in [2.24, 2.45) is 0 Å². The summed E-state index contributed by atoms with van der Waals surface area (Å²) in [5, 5.41) is -1.12. The molecule has 2 aromatic rings. The third-order valence-corrected chi connectivity index (χ3v) is 3.41. The van der Waals surface area contributed by atoms with E-state index in [0.29, 0.717) is 0 Å². The Morgan fingerprint density at radius 3 is 2.10 bits per heavy atom. The number of hydrogen-bond donors (Lipinski definition) is 1. The Bertz CT molecular complexity index is 629. The van der Waals surface area contributed by atoms with Crippen LogP contribution in [0, 0.1) is 0 Å². The van der Waals surface area contributed by atoms with Crippen molar-refractivity contribution in [1.29, 1.82) is 0 Å². The van der Waals surface area contributed by atoms with Crippen LogP contribution in [0.4, 0.5) is 32.0 Å². The van der Waals surface area contributed by atoms with Gasteiger partial charge >= 0.3 is 12.4 Å². The second-order valence-corrected chi connectivity index (χ2v) is 4.90. The van der Waals surface area contributed by atoms with Gasteiger partial charge in [-0.1, -0.05) is 0 Å². The van der Waals surface area contributed by atoms with Crippen LogP contribution in [0.25, 0.3) is 10.4 Å². The van der Waals surface area contributed by atoms with Crippen LogP contribution in [0.3, 0.4) is 0 Å². The van der Waals surface area contributed by atoms with Gasteiger partial charge in [0.15, 0.2) is 5.01 Å². The zero-order valence-electron chi connectivity index (χ0n) is 9.51. The van der Waals surface area contributed by atoms with Gasteiger partial charge in [0.2, 0.25) is 0 Å². The van der Waals surface area contributed by atoms with Crippen LogP contribution < -0.4 is 5.73 Å². The van der Waals surface area contributed by atoms with Crippen molar-refractivity contribution in [3.05, 3.63) is 35.0 Å². The number of nitrogens with zero attached hydrogens (tertiary/aromatic N) is 1. The first kappa shape index (κ1) is 14.6. The molecule has 0 saturated heterocycles. The summed E-state index contributed by atoms with van der Waals surface area (Å²) in [4.78, 5) is 3.12. The number of aromatic nitrogens is 1. The van der Waals surface area contributed by atoms with E-state index in [-0.39, 0.29) is 27.5 Å². The molecule has 0 radical (unpaired) electrons. The molecule has 2 nitrogen and oxygen atoms in total. The molecule has 2 N–H and O–H groups in total. The normalized spacial score (nSPS) is 12.7. The smallest absolute Gasteiger partial charge is 0.399 e. The maximum absolute atomic E-state index is 12.6. The third-order valence-electron chi connectivity index (χ3n) is 2.32. The number of halogens is 6. The van der Waals surface area contributed by atoms with E-state index in [1.165, 1.54) is 6.07 Å². The molecule has 9 heteroatoms. The Morgan fingerprint density at radius 2 is 1.60 bits per heavy atom. The maximum atomic E-state index is 12.6. The second kappa shape index (κ2) is 4.65. The molecular weight excluding hydrogens is 306 g/mol. The molecule has 0 spiro atoms. The number of hydrogen-bond acceptors (Lipinski definition) is 3. The zero-order valence-corrected chi connectivity index (χ0v) is 10.3. The fourth-order valence-corrected chi connectivity index (χ4v) is 2.27. The Labute approximate surface area is 112 Å². The van der Waals surface area contributed by atoms with Gasteiger partial charge in [0.25, 0.3) is 0 Å². The van der Waals surface area contributed by atoms with E-state index in [4.69, 9.17) is 5.73 Å². The molecule has 0 aliphatic heterocycles. The van der Waals surface area contributed by atoms with E-state index in [2.05, 4.69) is 4.98 Å². The Kier molecular flexibility index (Phi) is 3.41. The molecule has 0 bridgehead atoms. The van der Waals surface area contributed by atoms with Gasteiger partial charge in [-0.2, -0.15) is 26.3 Å². The Morgan fingerprint density at radius 1 is 0.950 bits per heavy atom. The molecule has 0 atom stereocenters. The number of nitrogen functional groups attached to an aromatic ring is 1. The summed E-state index contributed by atoms with van der Waals surface area (Å²) in [5.41, 5.74) is 4.09. The van der Waals surface area contributed by atoms with Crippen LogP contribution in [-0.2, 0) is 12.4 Å². The van der Waals surface area contributed by atoms with E-state index in [1.54, 1.807) is 0 Å². The second-order valence-electron chi connectivity index (χ2n) is 3.87. The van der Waals surface area contributed by atoms with E-state index in [9.17, 15) is 26.3 Å². The Balaban J connectivity index is 2.48. The summed E-state index contributed by atoms with van der Waals surface area (Å²) in [7, 11) is 0. The molecule has 2 rings (SSSR count). The SMILES string of the molecule is Nc1cc(-c2cnc(C(F)(F)F)s2)cc(C(F)(F)F)c1. The fourth-order valence-electron chi connectivity index (χ4n) is 1.50. The minimum Gasteiger partial charge on any atom is -0.399 e. The predicted molar refractivity (Wildman–Crippen MR) is 62.0 cm³/mol. The van der Waals surface area contributed by atoms with Crippen LogP contribution in [0.2, 0.25) is 0 Å². The standard InChI is InChI=1S/C11H6F6N2S/c12-10(13,14)6-1-5(2-7(18)3-6)8-4-19-9(20-8)11(15,16)17/h1-4H,18H2. The first-order valence-electron chi connectivity index (χ1n) is 5.08. The lowest BCUT2D eigenvalue weighted by molar-refractivity contribution is -0.138. The number of nitrogens with two attached hydrogens (primary N) is 1. The highest BCUT2D eigenvalue weighted by Crippen LogP contribution is 2.39. The van der Waals surface area contributed by atoms with E-state index >= 15 is 0 Å². The van der Waals surface area contributed by atoms with Crippen LogP contribution in [0.1, 0.15) is 10.6 Å². The van der Waals surface area contributed by atoms with Gasteiger partial charge in [0.05, 0.1) is 10.4 Å². The lowest BCUT2D eigenvalue weighted by Gasteiger charge is -2.09. The number of anilines is 1. The first-order chi connectivity index (χ1) is 9.07. The quantitative estimate of drug-likeness (QED) is 0.625. The van der Waals surface area contributed by atoms with Crippen LogP contribution in [0.15, 0.2) is 24.4 Å². The van der Waals surface area contributed by atoms with Crippen LogP contribution in [-0.4, -0.2) is 4.98 Å². The summed E-state index contributed by atoms with van der Waals surface area (Å²) in [5.74, 6) is 0. The fraction of sp³-hybridized carbons (Fsp3) is 0.182. The molecule has 0 amide bonds. The van der Waals surface area contributed by atoms with Crippen molar-refractivity contribution in [3.63, 3.8) is 0 Å². The average Bonchev–Trinajstić information content (AvgIpc) is 2.75. The van der Waals surface area contributed by atoms with Gasteiger partial charge in [-0.25, -0.2) is 4.98 Å². The highest BCUT2D eigenvalue weighted by atomic mass is 32.1. The molecule has 0 fully saturated rings. The first-order valence-corrected chi connectivity index (χ1v) is 5.90. The van der Waals surface area contributed by atoms with Gasteiger partial charge < -0.3 is 5.73 Å². The number of thiazole rings is 1. The summed E-state index contributed by atoms with van der Waals surface area (Å²) < 4.78 is 75.1. The van der Waals surface area contributed by atoms with E-state index in [0.717, 1.165) is 18.3 Å². The van der Waals surface area contributed by atoms with Crippen LogP contribution >= 0.6 is 11.3 Å². The van der Waals surface area contributed by atoms with Crippen molar-refractivity contribution < 1.29 is 26.3 Å². The summed E-state index contributed by atoms with van der Waals surface area (Å²) in [6.45, 7) is 0. The minimum absolute atomic E-state index is 0.0323. The summed E-state index contributed by atoms with van der Waals surface area (Å²) in [6, 6.07) is 2.63. The van der Waals surface area contributed by atoms with E-state index < -0.39 is 22.9 Å². The summed E-state index contributed by atoms with van der Waals surface area (Å²) in [6.07, 6.45) is -8.37. The molecule has 0 aliphatic rings. The zero-order chi connectivity index (χ0) is 15.1. The van der Waals surface area contributed by atoms with Crippen molar-refractivity contribution in [2.45, 2.75) is 12.4 Å². The molecule has 0 unspecified atom stereocenters. The average molecular weight is 312 g/mol. The lowest BCUT2D eigenvalue weighted by atomic mass is 10.1. The molecule has 1 aromatic heterocycles. The van der Waals surface area contributed by atoms with Crippen molar-refractivity contribution in [3.8, 4) is 10.4 Å². The van der Waals surface area contributed by atoms with Crippen molar-refractivity contribution in [2.75, 3.05) is 5.73 Å². The number of rotatable bonds is 1. The topological polar surface area (TPSA) is 38.9 Å². The van der Waals surface area contributed by atoms with Crippen molar-refractivity contribution in [1.82, 2.24) is 4.98 Å². The van der Waals surface area contributed by atoms with Gasteiger partial charge in [0.1, 0.15) is 0 Å². The highest BCUT2D eigenvalue weighted by molar-refractivity contribution is 7.15. The van der Waals surface area contributed by atoms with Gasteiger partial charge in [-0.05, 0) is 23.8 Å². The number of alkyl halides is 6. The van der Waals surface area contributed by atoms with E-state index in [1.807, 2.05) is 0 Å². The monoisotopic (exact) mass is 312 g/mol. The predicted octanol–water partition coefficient (Wildman–Crippen LogP) is 4.43. The molecular formula is C11H6F6N2S. The highest BCUT2D eigenvalue weighted by Gasteiger charge is 2.35. The maximum Gasteiger partial charge on any atom is 0.443 e. The number of benzene rings is 1. The molecule has 0 aliphatic carbocycles. The van der Waals surface area contributed by atoms with Gasteiger partial charge in [-0.15, -0.1) is 11.3 Å². The third kappa shape index (κ3) is 3.03. The molecule has 108 valence electrons. The Hall–Kier alpha value is -1.77. The molecule has 20 heavy (non-hydrogen) atoms. The van der Waals surface area contributed by atoms with Gasteiger partial charge in [0, 0.05) is 11.9 Å². The minimum atomic E-state index is -4.63. The van der Waals surface area contributed by atoms with Crippen molar-refractivity contribution >= 4 is 17.0 Å².